The Labute approximate surface area is 173 Å². The summed E-state index contributed by atoms with van der Waals surface area (Å²) >= 11 is 5.77. The van der Waals surface area contributed by atoms with Gasteiger partial charge in [-0.1, -0.05) is 23.7 Å². The highest BCUT2D eigenvalue weighted by Crippen LogP contribution is 2.26. The third-order valence-electron chi connectivity index (χ3n) is 4.33. The van der Waals surface area contributed by atoms with E-state index in [-0.39, 0.29) is 22.2 Å². The number of anilines is 1. The van der Waals surface area contributed by atoms with Crippen molar-refractivity contribution in [2.45, 2.75) is 0 Å². The summed E-state index contributed by atoms with van der Waals surface area (Å²) < 4.78 is 5.28. The molecule has 1 aromatic heterocycles. The number of benzene rings is 3. The molecule has 0 aliphatic heterocycles. The topological polar surface area (TPSA) is 115 Å². The molecular formula is C21H12ClN3O5. The molecule has 0 saturated heterocycles. The maximum atomic E-state index is 12.4. The van der Waals surface area contributed by atoms with Crippen LogP contribution in [-0.2, 0) is 0 Å². The van der Waals surface area contributed by atoms with Gasteiger partial charge in [0.25, 0.3) is 11.6 Å². The van der Waals surface area contributed by atoms with Crippen molar-refractivity contribution in [3.05, 3.63) is 97.9 Å². The fourth-order valence-electron chi connectivity index (χ4n) is 2.84. The summed E-state index contributed by atoms with van der Waals surface area (Å²) in [6.07, 6.45) is 0. The van der Waals surface area contributed by atoms with E-state index in [1.54, 1.807) is 48.5 Å². The van der Waals surface area contributed by atoms with Crippen LogP contribution in [0.15, 0.2) is 75.9 Å². The van der Waals surface area contributed by atoms with E-state index >= 15 is 0 Å². The van der Waals surface area contributed by atoms with Gasteiger partial charge >= 0.3 is 5.63 Å². The Bertz CT molecular complexity index is 1350. The molecule has 0 radical (unpaired) electrons. The summed E-state index contributed by atoms with van der Waals surface area (Å²) in [5.74, 6) is -0.372. The third-order valence-corrected chi connectivity index (χ3v) is 4.65. The zero-order valence-corrected chi connectivity index (χ0v) is 15.9. The van der Waals surface area contributed by atoms with Gasteiger partial charge in [-0.05, 0) is 48.5 Å². The zero-order chi connectivity index (χ0) is 21.3. The van der Waals surface area contributed by atoms with Crippen LogP contribution in [0.2, 0.25) is 5.02 Å². The fraction of sp³-hybridized carbons (Fsp3) is 0. The predicted molar refractivity (Wildman–Crippen MR) is 112 cm³/mol. The molecule has 1 heterocycles. The first kappa shape index (κ1) is 19.3. The molecule has 9 heteroatoms. The number of rotatable bonds is 4. The molecular weight excluding hydrogens is 410 g/mol. The minimum absolute atomic E-state index is 0.0507. The Hall–Kier alpha value is -4.04. The Morgan fingerprint density at radius 2 is 1.80 bits per heavy atom. The lowest BCUT2D eigenvalue weighted by Crippen LogP contribution is -2.12. The van der Waals surface area contributed by atoms with E-state index in [2.05, 4.69) is 10.3 Å². The van der Waals surface area contributed by atoms with Gasteiger partial charge in [-0.15, -0.1) is 0 Å². The number of nitro groups is 1. The molecule has 1 amide bonds. The second-order valence-electron chi connectivity index (χ2n) is 6.28. The summed E-state index contributed by atoms with van der Waals surface area (Å²) in [6.45, 7) is 0. The highest BCUT2D eigenvalue weighted by atomic mass is 35.5. The lowest BCUT2D eigenvalue weighted by Gasteiger charge is -2.07. The van der Waals surface area contributed by atoms with Crippen molar-refractivity contribution in [2.75, 3.05) is 5.32 Å². The first-order valence-electron chi connectivity index (χ1n) is 8.68. The van der Waals surface area contributed by atoms with Gasteiger partial charge in [-0.25, -0.2) is 9.78 Å². The van der Waals surface area contributed by atoms with E-state index in [1.807, 2.05) is 0 Å². The number of para-hydroxylation sites is 1. The summed E-state index contributed by atoms with van der Waals surface area (Å²) in [6, 6.07) is 17.2. The van der Waals surface area contributed by atoms with Crippen LogP contribution in [0.4, 0.5) is 11.4 Å². The number of carbonyl (C=O) groups is 1. The lowest BCUT2D eigenvalue weighted by molar-refractivity contribution is -0.384. The van der Waals surface area contributed by atoms with E-state index in [9.17, 15) is 19.7 Å². The molecule has 4 rings (SSSR count). The third kappa shape index (κ3) is 3.76. The van der Waals surface area contributed by atoms with Gasteiger partial charge in [0.1, 0.15) is 5.02 Å². The van der Waals surface area contributed by atoms with Crippen molar-refractivity contribution in [2.24, 2.45) is 0 Å². The standard InChI is InChI=1S/C21H12ClN3O5/c22-16-10-7-13(11-18(16)25(28)29)19(26)23-14-8-5-12(6-9-14)20-24-17-4-2-1-3-15(17)21(27)30-20/h1-11H,(H,23,26). The quantitative estimate of drug-likeness (QED) is 0.378. The molecule has 0 fully saturated rings. The summed E-state index contributed by atoms with van der Waals surface area (Å²) in [4.78, 5) is 39.2. The number of nitrogens with one attached hydrogen (secondary N) is 1. The Morgan fingerprint density at radius 1 is 1.07 bits per heavy atom. The predicted octanol–water partition coefficient (Wildman–Crippen LogP) is 4.67. The summed E-state index contributed by atoms with van der Waals surface area (Å²) in [7, 11) is 0. The molecule has 0 unspecified atom stereocenters. The first-order valence-corrected chi connectivity index (χ1v) is 9.06. The van der Waals surface area contributed by atoms with Crippen LogP contribution in [-0.4, -0.2) is 15.8 Å². The number of halogens is 1. The van der Waals surface area contributed by atoms with Crippen molar-refractivity contribution >= 4 is 39.8 Å². The van der Waals surface area contributed by atoms with Gasteiger partial charge in [0.05, 0.1) is 15.8 Å². The van der Waals surface area contributed by atoms with Gasteiger partial charge in [0.2, 0.25) is 5.89 Å². The van der Waals surface area contributed by atoms with Gasteiger partial charge in [-0.3, -0.25) is 14.9 Å². The van der Waals surface area contributed by atoms with Crippen LogP contribution >= 0.6 is 11.6 Å². The molecule has 0 saturated carbocycles. The summed E-state index contributed by atoms with van der Waals surface area (Å²) in [5.41, 5.74) is 0.777. The first-order chi connectivity index (χ1) is 14.4. The number of nitrogens with zero attached hydrogens (tertiary/aromatic N) is 2. The minimum atomic E-state index is -0.655. The number of nitro benzene ring substituents is 1. The second-order valence-corrected chi connectivity index (χ2v) is 6.69. The second kappa shape index (κ2) is 7.76. The number of hydrogen-bond acceptors (Lipinski definition) is 6. The molecule has 4 aromatic rings. The van der Waals surface area contributed by atoms with E-state index in [4.69, 9.17) is 16.0 Å². The maximum absolute atomic E-state index is 12.4. The maximum Gasteiger partial charge on any atom is 0.347 e. The molecule has 3 aromatic carbocycles. The van der Waals surface area contributed by atoms with Crippen LogP contribution in [0.3, 0.4) is 0 Å². The number of fused-ring (bicyclic) bond motifs is 1. The van der Waals surface area contributed by atoms with Crippen LogP contribution < -0.4 is 10.9 Å². The molecule has 0 atom stereocenters. The van der Waals surface area contributed by atoms with Crippen molar-refractivity contribution in [1.29, 1.82) is 0 Å². The fourth-order valence-corrected chi connectivity index (χ4v) is 3.02. The van der Waals surface area contributed by atoms with Crippen LogP contribution in [0.25, 0.3) is 22.4 Å². The highest BCUT2D eigenvalue weighted by molar-refractivity contribution is 6.32. The van der Waals surface area contributed by atoms with E-state index < -0.39 is 16.5 Å². The molecule has 0 aliphatic rings. The van der Waals surface area contributed by atoms with E-state index in [1.165, 1.54) is 12.1 Å². The minimum Gasteiger partial charge on any atom is -0.403 e. The Balaban J connectivity index is 1.57. The Morgan fingerprint density at radius 3 is 2.53 bits per heavy atom. The average molecular weight is 422 g/mol. The largest absolute Gasteiger partial charge is 0.403 e. The molecule has 148 valence electrons. The number of amides is 1. The van der Waals surface area contributed by atoms with Gasteiger partial charge in [-0.2, -0.15) is 0 Å². The van der Waals surface area contributed by atoms with Crippen LogP contribution in [0, 0.1) is 10.1 Å². The van der Waals surface area contributed by atoms with Crippen molar-refractivity contribution in [3.63, 3.8) is 0 Å². The number of carbonyl (C=O) groups excluding carboxylic acids is 1. The van der Waals surface area contributed by atoms with Crippen LogP contribution in [0.1, 0.15) is 10.4 Å². The zero-order valence-electron chi connectivity index (χ0n) is 15.2. The van der Waals surface area contributed by atoms with Crippen LogP contribution in [0.5, 0.6) is 0 Å². The normalized spacial score (nSPS) is 10.7. The SMILES string of the molecule is O=C(Nc1ccc(-c2nc3ccccc3c(=O)o2)cc1)c1ccc(Cl)c([N+](=O)[O-])c1. The van der Waals surface area contributed by atoms with Crippen molar-refractivity contribution in [1.82, 2.24) is 4.98 Å². The molecule has 1 N–H and O–H groups in total. The average Bonchev–Trinajstić information content (AvgIpc) is 2.74. The van der Waals surface area contributed by atoms with Gasteiger partial charge in [0.15, 0.2) is 0 Å². The highest BCUT2D eigenvalue weighted by Gasteiger charge is 2.16. The number of hydrogen-bond donors (Lipinski definition) is 1. The number of aromatic nitrogens is 1. The lowest BCUT2D eigenvalue weighted by atomic mass is 10.1. The Kier molecular flexibility index (Phi) is 4.99. The molecule has 8 nitrogen and oxygen atoms in total. The van der Waals surface area contributed by atoms with Crippen molar-refractivity contribution in [3.8, 4) is 11.5 Å². The molecule has 0 aliphatic carbocycles. The van der Waals surface area contributed by atoms with E-state index in [0.717, 1.165) is 6.07 Å². The van der Waals surface area contributed by atoms with Gasteiger partial charge < -0.3 is 9.73 Å². The molecule has 0 spiro atoms. The van der Waals surface area contributed by atoms with Crippen molar-refractivity contribution < 1.29 is 14.1 Å². The monoisotopic (exact) mass is 421 g/mol. The smallest absolute Gasteiger partial charge is 0.347 e. The molecule has 30 heavy (non-hydrogen) atoms. The summed E-state index contributed by atoms with van der Waals surface area (Å²) in [5, 5.41) is 14.0. The van der Waals surface area contributed by atoms with E-state index in [0.29, 0.717) is 22.2 Å². The van der Waals surface area contributed by atoms with Gasteiger partial charge in [0, 0.05) is 22.9 Å². The molecule has 0 bridgehead atoms.